The molecule has 112 valence electrons. The van der Waals surface area contributed by atoms with Gasteiger partial charge in [-0.15, -0.1) is 22.0 Å². The first kappa shape index (κ1) is 15.5. The zero-order chi connectivity index (χ0) is 14.4. The highest BCUT2D eigenvalue weighted by molar-refractivity contribution is 7.99. The summed E-state index contributed by atoms with van der Waals surface area (Å²) in [7, 11) is 0. The van der Waals surface area contributed by atoms with Crippen LogP contribution in [0.15, 0.2) is 17.2 Å². The topological polar surface area (TPSA) is 44.2 Å². The molecule has 1 saturated heterocycles. The van der Waals surface area contributed by atoms with Crippen molar-refractivity contribution in [3.63, 3.8) is 0 Å². The molecule has 0 N–H and O–H groups in total. The Hall–Kier alpha value is -0.860. The number of alkyl halides is 3. The molecule has 0 radical (unpaired) electrons. The fraction of sp³-hybridized carbons (Fsp3) is 0.667. The first-order valence-corrected chi connectivity index (χ1v) is 7.31. The number of halogens is 3. The summed E-state index contributed by atoms with van der Waals surface area (Å²) < 4.78 is 47.8. The average molecular weight is 308 g/mol. The highest BCUT2D eigenvalue weighted by atomic mass is 32.2. The van der Waals surface area contributed by atoms with E-state index < -0.39 is 11.9 Å². The third-order valence-electron chi connectivity index (χ3n) is 2.71. The van der Waals surface area contributed by atoms with E-state index in [4.69, 9.17) is 9.47 Å². The molecule has 0 spiro atoms. The molecule has 0 aromatic carbocycles. The minimum atomic E-state index is -4.45. The predicted octanol–water partition coefficient (Wildman–Crippen LogP) is 3.13. The lowest BCUT2D eigenvalue weighted by Gasteiger charge is -2.22. The van der Waals surface area contributed by atoms with Crippen LogP contribution in [0.1, 0.15) is 25.0 Å². The van der Waals surface area contributed by atoms with Gasteiger partial charge in [-0.25, -0.2) is 0 Å². The monoisotopic (exact) mass is 308 g/mol. The molecular formula is C12H15F3N2O2S. The molecule has 1 aliphatic rings. The lowest BCUT2D eigenvalue weighted by molar-refractivity contribution is -0.158. The number of hydrogen-bond acceptors (Lipinski definition) is 5. The molecule has 1 aromatic rings. The smallest absolute Gasteiger partial charge is 0.353 e. The Balaban J connectivity index is 1.68. The molecule has 0 saturated carbocycles. The van der Waals surface area contributed by atoms with E-state index in [9.17, 15) is 13.2 Å². The SMILES string of the molecule is FC(F)(F)c1ccc(SCCO[C@@H]2CCCCO2)nn1. The summed E-state index contributed by atoms with van der Waals surface area (Å²) in [6.45, 7) is 1.19. The number of hydrogen-bond donors (Lipinski definition) is 0. The number of nitrogens with zero attached hydrogens (tertiary/aromatic N) is 2. The molecular weight excluding hydrogens is 293 g/mol. The van der Waals surface area contributed by atoms with Gasteiger partial charge >= 0.3 is 6.18 Å². The predicted molar refractivity (Wildman–Crippen MR) is 67.3 cm³/mol. The van der Waals surface area contributed by atoms with Crippen LogP contribution in [-0.2, 0) is 15.7 Å². The summed E-state index contributed by atoms with van der Waals surface area (Å²) in [6, 6.07) is 2.25. The van der Waals surface area contributed by atoms with E-state index in [0.717, 1.165) is 31.9 Å². The van der Waals surface area contributed by atoms with Crippen LogP contribution in [-0.4, -0.2) is 35.5 Å². The van der Waals surface area contributed by atoms with Gasteiger partial charge in [-0.1, -0.05) is 0 Å². The molecule has 0 unspecified atom stereocenters. The lowest BCUT2D eigenvalue weighted by atomic mass is 10.2. The van der Waals surface area contributed by atoms with Gasteiger partial charge in [0.1, 0.15) is 5.03 Å². The Morgan fingerprint density at radius 2 is 2.15 bits per heavy atom. The van der Waals surface area contributed by atoms with Crippen molar-refractivity contribution in [2.75, 3.05) is 19.0 Å². The van der Waals surface area contributed by atoms with Crippen LogP contribution in [0.4, 0.5) is 13.2 Å². The van der Waals surface area contributed by atoms with Crippen LogP contribution in [0.25, 0.3) is 0 Å². The van der Waals surface area contributed by atoms with Gasteiger partial charge < -0.3 is 9.47 Å². The van der Waals surface area contributed by atoms with Crippen molar-refractivity contribution in [2.45, 2.75) is 36.8 Å². The van der Waals surface area contributed by atoms with Crippen LogP contribution in [0, 0.1) is 0 Å². The highest BCUT2D eigenvalue weighted by Gasteiger charge is 2.32. The van der Waals surface area contributed by atoms with Crippen LogP contribution in [0.2, 0.25) is 0 Å². The van der Waals surface area contributed by atoms with Gasteiger partial charge in [-0.3, -0.25) is 0 Å². The number of ether oxygens (including phenoxy) is 2. The normalized spacial score (nSPS) is 20.1. The quantitative estimate of drug-likeness (QED) is 0.617. The fourth-order valence-corrected chi connectivity index (χ4v) is 2.37. The highest BCUT2D eigenvalue weighted by Crippen LogP contribution is 2.27. The molecule has 8 heteroatoms. The molecule has 2 heterocycles. The van der Waals surface area contributed by atoms with E-state index in [0.29, 0.717) is 17.4 Å². The number of aromatic nitrogens is 2. The second-order valence-corrected chi connectivity index (χ2v) is 5.39. The Morgan fingerprint density at radius 3 is 2.75 bits per heavy atom. The summed E-state index contributed by atoms with van der Waals surface area (Å²) in [5.41, 5.74) is -0.978. The van der Waals surface area contributed by atoms with Gasteiger partial charge in [0.25, 0.3) is 0 Å². The molecule has 2 rings (SSSR count). The molecule has 0 bridgehead atoms. The second kappa shape index (κ2) is 7.24. The van der Waals surface area contributed by atoms with Crippen LogP contribution < -0.4 is 0 Å². The van der Waals surface area contributed by atoms with Crippen molar-refractivity contribution in [3.8, 4) is 0 Å². The van der Waals surface area contributed by atoms with Gasteiger partial charge in [-0.05, 0) is 31.4 Å². The molecule has 0 aliphatic carbocycles. The second-order valence-electron chi connectivity index (χ2n) is 4.27. The fourth-order valence-electron chi connectivity index (χ4n) is 1.72. The Bertz CT molecular complexity index is 408. The van der Waals surface area contributed by atoms with Crippen molar-refractivity contribution in [2.24, 2.45) is 0 Å². The van der Waals surface area contributed by atoms with Crippen molar-refractivity contribution >= 4 is 11.8 Å². The average Bonchev–Trinajstić information content (AvgIpc) is 2.44. The molecule has 1 aliphatic heterocycles. The summed E-state index contributed by atoms with van der Waals surface area (Å²) in [5.74, 6) is 0.597. The Kier molecular flexibility index (Phi) is 5.62. The first-order chi connectivity index (χ1) is 9.55. The summed E-state index contributed by atoms with van der Waals surface area (Å²) in [4.78, 5) is 0. The van der Waals surface area contributed by atoms with Crippen LogP contribution in [0.5, 0.6) is 0 Å². The Labute approximate surface area is 119 Å². The number of rotatable bonds is 5. The molecule has 1 fully saturated rings. The first-order valence-electron chi connectivity index (χ1n) is 6.32. The third-order valence-corrected chi connectivity index (χ3v) is 3.59. The van der Waals surface area contributed by atoms with E-state index in [-0.39, 0.29) is 6.29 Å². The van der Waals surface area contributed by atoms with Gasteiger partial charge in [0.05, 0.1) is 6.61 Å². The van der Waals surface area contributed by atoms with Crippen molar-refractivity contribution in [1.82, 2.24) is 10.2 Å². The minimum absolute atomic E-state index is 0.150. The van der Waals surface area contributed by atoms with Crippen molar-refractivity contribution < 1.29 is 22.6 Å². The van der Waals surface area contributed by atoms with Gasteiger partial charge in [0.2, 0.25) is 0 Å². The zero-order valence-electron chi connectivity index (χ0n) is 10.7. The summed E-state index contributed by atoms with van der Waals surface area (Å²) in [5, 5.41) is 7.14. The molecule has 4 nitrogen and oxygen atoms in total. The van der Waals surface area contributed by atoms with Gasteiger partial charge in [0.15, 0.2) is 12.0 Å². The molecule has 1 aromatic heterocycles. The Morgan fingerprint density at radius 1 is 1.30 bits per heavy atom. The van der Waals surface area contributed by atoms with E-state index >= 15 is 0 Å². The molecule has 1 atom stereocenters. The van der Waals surface area contributed by atoms with Crippen LogP contribution in [0.3, 0.4) is 0 Å². The maximum atomic E-state index is 12.3. The third kappa shape index (κ3) is 4.92. The van der Waals surface area contributed by atoms with Gasteiger partial charge in [-0.2, -0.15) is 13.2 Å². The van der Waals surface area contributed by atoms with E-state index in [2.05, 4.69) is 10.2 Å². The van der Waals surface area contributed by atoms with Crippen LogP contribution >= 0.6 is 11.8 Å². The maximum Gasteiger partial charge on any atom is 0.435 e. The maximum absolute atomic E-state index is 12.3. The lowest BCUT2D eigenvalue weighted by Crippen LogP contribution is -2.23. The minimum Gasteiger partial charge on any atom is -0.353 e. The molecule has 0 amide bonds. The summed E-state index contributed by atoms with van der Waals surface area (Å²) >= 11 is 1.31. The van der Waals surface area contributed by atoms with Crippen molar-refractivity contribution in [1.29, 1.82) is 0 Å². The van der Waals surface area contributed by atoms with Gasteiger partial charge in [0, 0.05) is 12.4 Å². The molecule has 20 heavy (non-hydrogen) atoms. The summed E-state index contributed by atoms with van der Waals surface area (Å²) in [6.07, 6.45) is -1.54. The largest absolute Gasteiger partial charge is 0.435 e. The van der Waals surface area contributed by atoms with E-state index in [1.54, 1.807) is 0 Å². The van der Waals surface area contributed by atoms with Crippen molar-refractivity contribution in [3.05, 3.63) is 17.8 Å². The number of thioether (sulfide) groups is 1. The van der Waals surface area contributed by atoms with E-state index in [1.165, 1.54) is 17.8 Å². The standard InChI is InChI=1S/C12H15F3N2O2S/c13-12(14,15)9-4-5-10(17-16-9)20-8-7-19-11-3-1-2-6-18-11/h4-5,11H,1-3,6-8H2/t11-/m1/s1. The zero-order valence-corrected chi connectivity index (χ0v) is 11.5. The van der Waals surface area contributed by atoms with E-state index in [1.807, 2.05) is 0 Å².